The average molecular weight is 235 g/mol. The van der Waals surface area contributed by atoms with Gasteiger partial charge in [0.25, 0.3) is 0 Å². The highest BCUT2D eigenvalue weighted by molar-refractivity contribution is 5.58. The van der Waals surface area contributed by atoms with Crippen LogP contribution in [0.1, 0.15) is 24.5 Å². The molecule has 0 saturated carbocycles. The van der Waals surface area contributed by atoms with Gasteiger partial charge < -0.3 is 15.1 Å². The minimum absolute atomic E-state index is 0.176. The van der Waals surface area contributed by atoms with Crippen LogP contribution in [0.5, 0.6) is 0 Å². The van der Waals surface area contributed by atoms with Crippen molar-refractivity contribution >= 4 is 5.69 Å². The Labute approximate surface area is 103 Å². The zero-order valence-corrected chi connectivity index (χ0v) is 10.6. The van der Waals surface area contributed by atoms with Gasteiger partial charge in [0.05, 0.1) is 12.7 Å². The largest absolute Gasteiger partial charge is 0.394 e. The molecule has 2 unspecified atom stereocenters. The Morgan fingerprint density at radius 2 is 2.24 bits per heavy atom. The fourth-order valence-electron chi connectivity index (χ4n) is 2.47. The van der Waals surface area contributed by atoms with Crippen LogP contribution < -0.4 is 4.90 Å². The van der Waals surface area contributed by atoms with E-state index in [2.05, 4.69) is 36.9 Å². The highest BCUT2D eigenvalue weighted by atomic mass is 16.3. The smallest absolute Gasteiger partial charge is 0.0945 e. The van der Waals surface area contributed by atoms with E-state index in [4.69, 9.17) is 5.11 Å². The van der Waals surface area contributed by atoms with Crippen molar-refractivity contribution in [1.29, 1.82) is 0 Å². The molecule has 1 aromatic carbocycles. The van der Waals surface area contributed by atoms with Crippen LogP contribution in [0, 0.1) is 6.92 Å². The van der Waals surface area contributed by atoms with E-state index in [1.807, 2.05) is 0 Å². The molecule has 2 rings (SSSR count). The molecule has 0 aromatic heterocycles. The molecule has 3 nitrogen and oxygen atoms in total. The molecule has 2 N–H and O–H groups in total. The molecule has 1 aliphatic rings. The van der Waals surface area contributed by atoms with E-state index in [1.165, 1.54) is 16.8 Å². The molecule has 1 aliphatic heterocycles. The first-order chi connectivity index (χ1) is 8.11. The molecule has 0 radical (unpaired) electrons. The number of anilines is 1. The number of fused-ring (bicyclic) bond motifs is 1. The van der Waals surface area contributed by atoms with Crippen molar-refractivity contribution in [1.82, 2.24) is 0 Å². The van der Waals surface area contributed by atoms with Gasteiger partial charge in [-0.25, -0.2) is 0 Å². The topological polar surface area (TPSA) is 43.7 Å². The lowest BCUT2D eigenvalue weighted by Crippen LogP contribution is -2.43. The van der Waals surface area contributed by atoms with Gasteiger partial charge in [-0.3, -0.25) is 0 Å². The molecule has 0 aliphatic carbocycles. The Balaban J connectivity index is 2.28. The van der Waals surface area contributed by atoms with E-state index < -0.39 is 6.10 Å². The van der Waals surface area contributed by atoms with E-state index in [1.54, 1.807) is 0 Å². The normalized spacial score (nSPS) is 21.2. The van der Waals surface area contributed by atoms with Crippen LogP contribution in [0.2, 0.25) is 0 Å². The number of β-amino-alcohol motifs (C(OH)–C–C–N with tert-alkyl or cyclic N) is 1. The second kappa shape index (κ2) is 5.07. The van der Waals surface area contributed by atoms with Crippen molar-refractivity contribution in [3.05, 3.63) is 29.3 Å². The predicted molar refractivity (Wildman–Crippen MR) is 69.4 cm³/mol. The third kappa shape index (κ3) is 2.61. The standard InChI is InChI=1S/C14H21NO2/c1-10-3-5-12-6-4-11(2)15(14(12)7-10)8-13(17)9-16/h3,5,7,11,13,16-17H,4,6,8-9H2,1-2H3. The lowest BCUT2D eigenvalue weighted by Gasteiger charge is -2.38. The number of hydrogen-bond donors (Lipinski definition) is 2. The van der Waals surface area contributed by atoms with Gasteiger partial charge in [0.1, 0.15) is 0 Å². The molecule has 0 spiro atoms. The minimum Gasteiger partial charge on any atom is -0.394 e. The first-order valence-electron chi connectivity index (χ1n) is 6.27. The first kappa shape index (κ1) is 12.4. The summed E-state index contributed by atoms with van der Waals surface area (Å²) in [4.78, 5) is 2.22. The summed E-state index contributed by atoms with van der Waals surface area (Å²) in [6.45, 7) is 4.59. The molecule has 94 valence electrons. The van der Waals surface area contributed by atoms with Crippen molar-refractivity contribution < 1.29 is 10.2 Å². The van der Waals surface area contributed by atoms with Crippen LogP contribution in [0.4, 0.5) is 5.69 Å². The Hall–Kier alpha value is -1.06. The number of aryl methyl sites for hydroxylation is 2. The molecule has 3 heteroatoms. The molecule has 0 bridgehead atoms. The quantitative estimate of drug-likeness (QED) is 0.834. The van der Waals surface area contributed by atoms with Gasteiger partial charge in [0, 0.05) is 18.3 Å². The van der Waals surface area contributed by atoms with E-state index >= 15 is 0 Å². The van der Waals surface area contributed by atoms with Crippen LogP contribution in [-0.4, -0.2) is 35.5 Å². The second-order valence-corrected chi connectivity index (χ2v) is 5.01. The molecule has 17 heavy (non-hydrogen) atoms. The zero-order valence-electron chi connectivity index (χ0n) is 10.6. The third-order valence-electron chi connectivity index (χ3n) is 3.53. The van der Waals surface area contributed by atoms with Gasteiger partial charge in [-0.2, -0.15) is 0 Å². The summed E-state index contributed by atoms with van der Waals surface area (Å²) in [7, 11) is 0. The van der Waals surface area contributed by atoms with Crippen LogP contribution in [-0.2, 0) is 6.42 Å². The molecular formula is C14H21NO2. The maximum absolute atomic E-state index is 9.63. The van der Waals surface area contributed by atoms with Crippen molar-refractivity contribution in [2.24, 2.45) is 0 Å². The van der Waals surface area contributed by atoms with Gasteiger partial charge in [-0.1, -0.05) is 12.1 Å². The van der Waals surface area contributed by atoms with E-state index in [0.717, 1.165) is 12.8 Å². The second-order valence-electron chi connectivity index (χ2n) is 5.01. The predicted octanol–water partition coefficient (Wildman–Crippen LogP) is 1.49. The molecular weight excluding hydrogens is 214 g/mol. The van der Waals surface area contributed by atoms with Gasteiger partial charge in [0.15, 0.2) is 0 Å². The average Bonchev–Trinajstić information content (AvgIpc) is 2.32. The Kier molecular flexibility index (Phi) is 3.69. The monoisotopic (exact) mass is 235 g/mol. The van der Waals surface area contributed by atoms with Crippen molar-refractivity contribution in [3.63, 3.8) is 0 Å². The Bertz CT molecular complexity index is 392. The summed E-state index contributed by atoms with van der Waals surface area (Å²) >= 11 is 0. The maximum atomic E-state index is 9.63. The third-order valence-corrected chi connectivity index (χ3v) is 3.53. The first-order valence-corrected chi connectivity index (χ1v) is 6.27. The number of aliphatic hydroxyl groups is 2. The van der Waals surface area contributed by atoms with Gasteiger partial charge in [-0.15, -0.1) is 0 Å². The van der Waals surface area contributed by atoms with Crippen molar-refractivity contribution in [2.45, 2.75) is 38.8 Å². The summed E-state index contributed by atoms with van der Waals surface area (Å²) in [5, 5.41) is 18.6. The Morgan fingerprint density at radius 1 is 1.47 bits per heavy atom. The summed E-state index contributed by atoms with van der Waals surface area (Å²) in [6.07, 6.45) is 1.54. The number of aliphatic hydroxyl groups excluding tert-OH is 2. The van der Waals surface area contributed by atoms with E-state index in [0.29, 0.717) is 12.6 Å². The molecule has 2 atom stereocenters. The van der Waals surface area contributed by atoms with Gasteiger partial charge in [-0.05, 0) is 43.9 Å². The highest BCUT2D eigenvalue weighted by Gasteiger charge is 2.24. The molecule has 0 saturated heterocycles. The number of rotatable bonds is 3. The van der Waals surface area contributed by atoms with Crippen molar-refractivity contribution in [3.8, 4) is 0 Å². The molecule has 1 heterocycles. The number of nitrogens with zero attached hydrogens (tertiary/aromatic N) is 1. The Morgan fingerprint density at radius 3 is 2.94 bits per heavy atom. The molecule has 1 aromatic rings. The lowest BCUT2D eigenvalue weighted by atomic mass is 9.95. The van der Waals surface area contributed by atoms with Crippen LogP contribution in [0.25, 0.3) is 0 Å². The lowest BCUT2D eigenvalue weighted by molar-refractivity contribution is 0.0980. The molecule has 0 amide bonds. The maximum Gasteiger partial charge on any atom is 0.0945 e. The number of benzene rings is 1. The zero-order chi connectivity index (χ0) is 12.4. The van der Waals surface area contributed by atoms with Gasteiger partial charge in [0.2, 0.25) is 0 Å². The summed E-state index contributed by atoms with van der Waals surface area (Å²) in [6, 6.07) is 6.91. The minimum atomic E-state index is -0.663. The summed E-state index contributed by atoms with van der Waals surface area (Å²) < 4.78 is 0. The van der Waals surface area contributed by atoms with Crippen molar-refractivity contribution in [2.75, 3.05) is 18.1 Å². The summed E-state index contributed by atoms with van der Waals surface area (Å²) in [5.74, 6) is 0. The fraction of sp³-hybridized carbons (Fsp3) is 0.571. The highest BCUT2D eigenvalue weighted by Crippen LogP contribution is 2.31. The van der Waals surface area contributed by atoms with Gasteiger partial charge >= 0.3 is 0 Å². The molecule has 0 fully saturated rings. The van der Waals surface area contributed by atoms with Crippen LogP contribution in [0.3, 0.4) is 0 Å². The van der Waals surface area contributed by atoms with Crippen LogP contribution in [0.15, 0.2) is 18.2 Å². The van der Waals surface area contributed by atoms with E-state index in [-0.39, 0.29) is 6.61 Å². The summed E-state index contributed by atoms with van der Waals surface area (Å²) in [5.41, 5.74) is 3.80. The SMILES string of the molecule is Cc1ccc2c(c1)N(CC(O)CO)C(C)CC2. The fourth-order valence-corrected chi connectivity index (χ4v) is 2.47. The van der Waals surface area contributed by atoms with Crippen LogP contribution >= 0.6 is 0 Å². The number of hydrogen-bond acceptors (Lipinski definition) is 3. The van der Waals surface area contributed by atoms with E-state index in [9.17, 15) is 5.11 Å².